The van der Waals surface area contributed by atoms with Gasteiger partial charge in [-0.2, -0.15) is 0 Å². The van der Waals surface area contributed by atoms with Crippen LogP contribution < -0.4 is 9.47 Å². The molecule has 0 unspecified atom stereocenters. The second-order valence-corrected chi connectivity index (χ2v) is 8.69. The van der Waals surface area contributed by atoms with Crippen molar-refractivity contribution in [1.29, 1.82) is 5.41 Å². The summed E-state index contributed by atoms with van der Waals surface area (Å²) in [6.45, 7) is 1.97. The molecule has 0 amide bonds. The molecule has 35 heavy (non-hydrogen) atoms. The molecule has 0 aliphatic rings. The van der Waals surface area contributed by atoms with Crippen LogP contribution in [-0.4, -0.2) is 32.9 Å². The Bertz CT molecular complexity index is 1550. The Kier molecular flexibility index (Phi) is 6.07. The zero-order valence-electron chi connectivity index (χ0n) is 19.0. The molecule has 0 saturated carbocycles. The standard InChI is InChI=1S/C26H22N4O4S/c1-15(27)6-7-25-28-12-21(30-25)24-11-20-22(9-19(32-2)10-23(20)34-24)33-13-17-14-35-26(29-17)16-4-3-5-18(31)8-16/h3-12,14,27,31H,13H2,1-2H3,(H,28,30)/b7-6-,27-15?. The summed E-state index contributed by atoms with van der Waals surface area (Å²) in [5.74, 6) is 2.67. The Morgan fingerprint density at radius 2 is 2.14 bits per heavy atom. The van der Waals surface area contributed by atoms with Crippen LogP contribution in [0.1, 0.15) is 18.4 Å². The topological polar surface area (TPSA) is 117 Å². The van der Waals surface area contributed by atoms with Crippen LogP contribution in [-0.2, 0) is 6.61 Å². The molecule has 0 aliphatic heterocycles. The molecule has 176 valence electrons. The third-order valence-electron chi connectivity index (χ3n) is 5.18. The molecule has 0 radical (unpaired) electrons. The average Bonchev–Trinajstić information content (AvgIpc) is 3.60. The van der Waals surface area contributed by atoms with Crippen LogP contribution in [0.5, 0.6) is 17.2 Å². The number of phenolic OH excluding ortho intramolecular Hbond substituents is 1. The number of hydrogen-bond acceptors (Lipinski definition) is 8. The number of furan rings is 1. The van der Waals surface area contributed by atoms with Crippen molar-refractivity contribution in [2.24, 2.45) is 0 Å². The molecule has 0 fully saturated rings. The normalized spacial score (nSPS) is 11.4. The third kappa shape index (κ3) is 4.95. The summed E-state index contributed by atoms with van der Waals surface area (Å²) in [7, 11) is 1.59. The van der Waals surface area contributed by atoms with Crippen LogP contribution in [0, 0.1) is 5.41 Å². The van der Waals surface area contributed by atoms with E-state index >= 15 is 0 Å². The summed E-state index contributed by atoms with van der Waals surface area (Å²) in [4.78, 5) is 12.1. The van der Waals surface area contributed by atoms with Gasteiger partial charge in [0.2, 0.25) is 0 Å². The highest BCUT2D eigenvalue weighted by Crippen LogP contribution is 2.37. The lowest BCUT2D eigenvalue weighted by Gasteiger charge is -2.08. The van der Waals surface area contributed by atoms with Crippen LogP contribution in [0.3, 0.4) is 0 Å². The van der Waals surface area contributed by atoms with Gasteiger partial charge in [0, 0.05) is 28.8 Å². The van der Waals surface area contributed by atoms with E-state index in [1.165, 1.54) is 11.3 Å². The summed E-state index contributed by atoms with van der Waals surface area (Å²) in [5.41, 5.74) is 3.40. The highest BCUT2D eigenvalue weighted by Gasteiger charge is 2.15. The van der Waals surface area contributed by atoms with Crippen molar-refractivity contribution in [2.45, 2.75) is 13.5 Å². The Morgan fingerprint density at radius 3 is 2.94 bits per heavy atom. The first kappa shape index (κ1) is 22.4. The van der Waals surface area contributed by atoms with Gasteiger partial charge in [-0.1, -0.05) is 12.1 Å². The average molecular weight is 487 g/mol. The quantitative estimate of drug-likeness (QED) is 0.222. The van der Waals surface area contributed by atoms with E-state index in [1.54, 1.807) is 50.6 Å². The van der Waals surface area contributed by atoms with Crippen molar-refractivity contribution in [3.63, 3.8) is 0 Å². The maximum atomic E-state index is 9.73. The highest BCUT2D eigenvalue weighted by molar-refractivity contribution is 7.13. The maximum Gasteiger partial charge on any atom is 0.153 e. The fraction of sp³-hybridized carbons (Fsp3) is 0.115. The van der Waals surface area contributed by atoms with Crippen molar-refractivity contribution in [2.75, 3.05) is 7.11 Å². The Balaban J connectivity index is 1.40. The number of aromatic nitrogens is 3. The number of allylic oxidation sites excluding steroid dienone is 1. The number of H-pyrrole nitrogens is 1. The number of thiazole rings is 1. The summed E-state index contributed by atoms with van der Waals surface area (Å²) >= 11 is 1.49. The predicted molar refractivity (Wildman–Crippen MR) is 136 cm³/mol. The van der Waals surface area contributed by atoms with Gasteiger partial charge in [0.15, 0.2) is 5.76 Å². The smallest absolute Gasteiger partial charge is 0.153 e. The number of imidazole rings is 1. The first-order valence-corrected chi connectivity index (χ1v) is 11.6. The number of methoxy groups -OCH3 is 1. The first-order valence-electron chi connectivity index (χ1n) is 10.8. The number of benzene rings is 2. The Morgan fingerprint density at radius 1 is 1.26 bits per heavy atom. The van der Waals surface area contributed by atoms with Crippen molar-refractivity contribution < 1.29 is 19.0 Å². The zero-order valence-corrected chi connectivity index (χ0v) is 19.8. The maximum absolute atomic E-state index is 9.73. The summed E-state index contributed by atoms with van der Waals surface area (Å²) in [5, 5.41) is 20.8. The fourth-order valence-corrected chi connectivity index (χ4v) is 4.30. The largest absolute Gasteiger partial charge is 0.508 e. The predicted octanol–water partition coefficient (Wildman–Crippen LogP) is 6.29. The molecular formula is C26H22N4O4S. The molecule has 5 aromatic rings. The number of nitrogens with one attached hydrogen (secondary N) is 2. The van der Waals surface area contributed by atoms with Crippen LogP contribution in [0.4, 0.5) is 0 Å². The molecule has 0 atom stereocenters. The van der Waals surface area contributed by atoms with E-state index in [2.05, 4.69) is 15.0 Å². The molecular weight excluding hydrogens is 464 g/mol. The van der Waals surface area contributed by atoms with Gasteiger partial charge in [0.25, 0.3) is 0 Å². The molecule has 0 bridgehead atoms. The lowest BCUT2D eigenvalue weighted by Crippen LogP contribution is -1.96. The van der Waals surface area contributed by atoms with E-state index in [9.17, 15) is 5.11 Å². The minimum atomic E-state index is 0.204. The van der Waals surface area contributed by atoms with Crippen LogP contribution in [0.15, 0.2) is 64.5 Å². The number of aromatic hydroxyl groups is 1. The molecule has 5 rings (SSSR count). The van der Waals surface area contributed by atoms with Gasteiger partial charge in [-0.25, -0.2) is 9.97 Å². The number of fused-ring (bicyclic) bond motifs is 1. The van der Waals surface area contributed by atoms with Crippen LogP contribution >= 0.6 is 11.3 Å². The molecule has 3 heterocycles. The van der Waals surface area contributed by atoms with Crippen molar-refractivity contribution in [1.82, 2.24) is 15.0 Å². The Hall–Kier alpha value is -4.37. The molecule has 0 spiro atoms. The summed E-state index contributed by atoms with van der Waals surface area (Å²) in [6, 6.07) is 12.5. The van der Waals surface area contributed by atoms with E-state index < -0.39 is 0 Å². The molecule has 0 aliphatic carbocycles. The number of ether oxygens (including phenoxy) is 2. The Labute approximate surface area is 205 Å². The van der Waals surface area contributed by atoms with Gasteiger partial charge >= 0.3 is 0 Å². The molecule has 3 N–H and O–H groups in total. The third-order valence-corrected chi connectivity index (χ3v) is 6.12. The van der Waals surface area contributed by atoms with Crippen LogP contribution in [0.25, 0.3) is 39.1 Å². The van der Waals surface area contributed by atoms with E-state index in [1.807, 2.05) is 29.6 Å². The molecule has 0 saturated heterocycles. The van der Waals surface area contributed by atoms with Gasteiger partial charge in [-0.3, -0.25) is 0 Å². The SMILES string of the molecule is COc1cc(OCc2csc(-c3cccc(O)c3)n2)c2cc(-c3cnc(/C=C\C(C)=N)[nH]3)oc2c1. The van der Waals surface area contributed by atoms with Crippen molar-refractivity contribution in [3.8, 4) is 39.3 Å². The monoisotopic (exact) mass is 486 g/mol. The zero-order chi connectivity index (χ0) is 24.4. The summed E-state index contributed by atoms with van der Waals surface area (Å²) < 4.78 is 17.6. The lowest BCUT2D eigenvalue weighted by atomic mass is 10.2. The minimum Gasteiger partial charge on any atom is -0.508 e. The van der Waals surface area contributed by atoms with Gasteiger partial charge in [0.1, 0.15) is 46.0 Å². The van der Waals surface area contributed by atoms with Gasteiger partial charge < -0.3 is 29.4 Å². The number of aromatic amines is 1. The van der Waals surface area contributed by atoms with Crippen molar-refractivity contribution in [3.05, 3.63) is 71.6 Å². The summed E-state index contributed by atoms with van der Waals surface area (Å²) in [6.07, 6.45) is 5.10. The number of nitrogens with zero attached hydrogens (tertiary/aromatic N) is 2. The molecule has 9 heteroatoms. The lowest BCUT2D eigenvalue weighted by molar-refractivity contribution is 0.303. The molecule has 2 aromatic carbocycles. The molecule has 3 aromatic heterocycles. The van der Waals surface area contributed by atoms with E-state index in [4.69, 9.17) is 19.3 Å². The van der Waals surface area contributed by atoms with Gasteiger partial charge in [-0.15, -0.1) is 11.3 Å². The van der Waals surface area contributed by atoms with Gasteiger partial charge in [-0.05, 0) is 37.3 Å². The second kappa shape index (κ2) is 9.47. The van der Waals surface area contributed by atoms with Crippen molar-refractivity contribution >= 4 is 34.1 Å². The minimum absolute atomic E-state index is 0.204. The highest BCUT2D eigenvalue weighted by atomic mass is 32.1. The fourth-order valence-electron chi connectivity index (χ4n) is 3.50. The number of rotatable bonds is 8. The first-order chi connectivity index (χ1) is 17.0. The van der Waals surface area contributed by atoms with E-state index in [-0.39, 0.29) is 12.4 Å². The van der Waals surface area contributed by atoms with E-state index in [0.29, 0.717) is 40.1 Å². The number of phenols is 1. The van der Waals surface area contributed by atoms with Crippen LogP contribution in [0.2, 0.25) is 0 Å². The molecule has 8 nitrogen and oxygen atoms in total. The van der Waals surface area contributed by atoms with E-state index in [0.717, 1.165) is 21.7 Å². The van der Waals surface area contributed by atoms with Gasteiger partial charge in [0.05, 0.1) is 24.4 Å². The number of hydrogen-bond donors (Lipinski definition) is 3. The second-order valence-electron chi connectivity index (χ2n) is 7.83.